The van der Waals surface area contributed by atoms with E-state index in [1.165, 1.54) is 29.3 Å². The van der Waals surface area contributed by atoms with Gasteiger partial charge in [0.05, 0.1) is 10.6 Å². The molecule has 0 saturated heterocycles. The summed E-state index contributed by atoms with van der Waals surface area (Å²) in [6.45, 7) is 8.49. The monoisotopic (exact) mass is 254 g/mol. The molecule has 1 atom stereocenters. The van der Waals surface area contributed by atoms with Crippen molar-refractivity contribution in [3.05, 3.63) is 10.6 Å². The average molecular weight is 254 g/mol. The van der Waals surface area contributed by atoms with Gasteiger partial charge in [-0.2, -0.15) is 0 Å². The van der Waals surface area contributed by atoms with Crippen molar-refractivity contribution in [3.8, 4) is 0 Å². The molecule has 2 rings (SSSR count). The minimum absolute atomic E-state index is 0.463. The summed E-state index contributed by atoms with van der Waals surface area (Å²) in [6.07, 6.45) is 2.70. The van der Waals surface area contributed by atoms with Gasteiger partial charge < -0.3 is 10.6 Å². The van der Waals surface area contributed by atoms with E-state index in [-0.39, 0.29) is 0 Å². The number of rotatable bonds is 7. The Balaban J connectivity index is 1.73. The number of aromatic nitrogens is 2. The van der Waals surface area contributed by atoms with E-state index in [1.54, 1.807) is 0 Å². The van der Waals surface area contributed by atoms with Gasteiger partial charge in [0.1, 0.15) is 0 Å². The summed E-state index contributed by atoms with van der Waals surface area (Å²) in [4.78, 5) is 1.28. The molecule has 4 nitrogen and oxygen atoms in total. The van der Waals surface area contributed by atoms with Gasteiger partial charge in [-0.15, -0.1) is 5.10 Å². The number of hydrogen-bond acceptors (Lipinski definition) is 5. The molecule has 1 unspecified atom stereocenters. The molecule has 0 spiro atoms. The zero-order valence-electron chi connectivity index (χ0n) is 10.9. The molecular weight excluding hydrogens is 232 g/mol. The highest BCUT2D eigenvalue weighted by molar-refractivity contribution is 7.05. The number of hydrogen-bond donors (Lipinski definition) is 2. The fourth-order valence-electron chi connectivity index (χ4n) is 1.75. The molecular formula is C12H22N4S. The van der Waals surface area contributed by atoms with Crippen LogP contribution in [0.2, 0.25) is 0 Å². The molecule has 1 aromatic heterocycles. The van der Waals surface area contributed by atoms with Gasteiger partial charge in [-0.25, -0.2) is 0 Å². The minimum Gasteiger partial charge on any atom is -0.312 e. The van der Waals surface area contributed by atoms with E-state index in [0.29, 0.717) is 12.0 Å². The van der Waals surface area contributed by atoms with Gasteiger partial charge >= 0.3 is 0 Å². The topological polar surface area (TPSA) is 49.8 Å². The molecule has 1 aliphatic rings. The Bertz CT molecular complexity index is 346. The van der Waals surface area contributed by atoms with Crippen molar-refractivity contribution in [2.45, 2.75) is 58.2 Å². The molecule has 2 N–H and O–H groups in total. The smallest absolute Gasteiger partial charge is 0.0826 e. The molecule has 0 aliphatic heterocycles. The van der Waals surface area contributed by atoms with Crippen LogP contribution in [0, 0.1) is 0 Å². The van der Waals surface area contributed by atoms with Crippen LogP contribution >= 0.6 is 11.5 Å². The van der Waals surface area contributed by atoms with E-state index in [2.05, 4.69) is 41.0 Å². The van der Waals surface area contributed by atoms with Gasteiger partial charge in [0.25, 0.3) is 0 Å². The zero-order valence-corrected chi connectivity index (χ0v) is 11.7. The zero-order chi connectivity index (χ0) is 12.3. The lowest BCUT2D eigenvalue weighted by atomic mass is 10.1. The van der Waals surface area contributed by atoms with Crippen LogP contribution in [-0.4, -0.2) is 28.2 Å². The van der Waals surface area contributed by atoms with Gasteiger partial charge in [0.15, 0.2) is 0 Å². The van der Waals surface area contributed by atoms with Crippen LogP contribution in [0.25, 0.3) is 0 Å². The van der Waals surface area contributed by atoms with Crippen LogP contribution in [0.5, 0.6) is 0 Å². The summed E-state index contributed by atoms with van der Waals surface area (Å²) in [5.41, 5.74) is 1.14. The number of nitrogens with zero attached hydrogens (tertiary/aromatic N) is 2. The van der Waals surface area contributed by atoms with Crippen molar-refractivity contribution in [3.63, 3.8) is 0 Å². The molecule has 1 fully saturated rings. The maximum Gasteiger partial charge on any atom is 0.0826 e. The fraction of sp³-hybridized carbons (Fsp3) is 0.833. The summed E-state index contributed by atoms with van der Waals surface area (Å²) in [6, 6.07) is 1.29. The van der Waals surface area contributed by atoms with Crippen molar-refractivity contribution in [1.29, 1.82) is 0 Å². The third-order valence-corrected chi connectivity index (χ3v) is 3.77. The molecule has 0 radical (unpaired) electrons. The van der Waals surface area contributed by atoms with Crippen LogP contribution in [0.1, 0.15) is 50.1 Å². The molecule has 5 heteroatoms. The first-order chi connectivity index (χ1) is 8.16. The second-order valence-electron chi connectivity index (χ2n) is 5.20. The van der Waals surface area contributed by atoms with Gasteiger partial charge in [-0.05, 0) is 37.2 Å². The summed E-state index contributed by atoms with van der Waals surface area (Å²) in [7, 11) is 0. The van der Waals surface area contributed by atoms with Crippen LogP contribution in [0.15, 0.2) is 0 Å². The first-order valence-electron chi connectivity index (χ1n) is 6.44. The second-order valence-corrected chi connectivity index (χ2v) is 6.04. The summed E-state index contributed by atoms with van der Waals surface area (Å²) in [5, 5.41) is 11.3. The van der Waals surface area contributed by atoms with Gasteiger partial charge in [0, 0.05) is 25.2 Å². The lowest BCUT2D eigenvalue weighted by Crippen LogP contribution is -2.36. The highest BCUT2D eigenvalue weighted by Crippen LogP contribution is 2.20. The SMILES string of the molecule is CC(CNC1CC1)NCc1snnc1C(C)C. The molecule has 96 valence electrons. The first kappa shape index (κ1) is 12.9. The Hall–Kier alpha value is -0.520. The molecule has 0 aromatic carbocycles. The Kier molecular flexibility index (Phi) is 4.48. The standard InChI is InChI=1S/C12H22N4S/c1-8(2)12-11(17-16-15-12)7-13-9(3)6-14-10-4-5-10/h8-10,13-14H,4-7H2,1-3H3. The van der Waals surface area contributed by atoms with Crippen LogP contribution in [-0.2, 0) is 6.54 Å². The summed E-state index contributed by atoms with van der Waals surface area (Å²) < 4.78 is 4.04. The van der Waals surface area contributed by atoms with E-state index in [1.807, 2.05) is 0 Å². The van der Waals surface area contributed by atoms with Crippen molar-refractivity contribution in [2.75, 3.05) is 6.54 Å². The van der Waals surface area contributed by atoms with Gasteiger partial charge in [0.2, 0.25) is 0 Å². The van der Waals surface area contributed by atoms with E-state index >= 15 is 0 Å². The second kappa shape index (κ2) is 5.89. The quantitative estimate of drug-likeness (QED) is 0.780. The molecule has 0 amide bonds. The summed E-state index contributed by atoms with van der Waals surface area (Å²) >= 11 is 1.51. The Morgan fingerprint density at radius 2 is 2.12 bits per heavy atom. The normalized spacial score (nSPS) is 17.6. The van der Waals surface area contributed by atoms with Crippen molar-refractivity contribution in [1.82, 2.24) is 20.2 Å². The highest BCUT2D eigenvalue weighted by atomic mass is 32.1. The van der Waals surface area contributed by atoms with E-state index < -0.39 is 0 Å². The summed E-state index contributed by atoms with van der Waals surface area (Å²) in [5.74, 6) is 0.463. The predicted molar refractivity (Wildman–Crippen MR) is 71.3 cm³/mol. The third-order valence-electron chi connectivity index (χ3n) is 3.03. The van der Waals surface area contributed by atoms with Crippen LogP contribution in [0.3, 0.4) is 0 Å². The predicted octanol–water partition coefficient (Wildman–Crippen LogP) is 1.89. The van der Waals surface area contributed by atoms with E-state index in [0.717, 1.165) is 24.8 Å². The van der Waals surface area contributed by atoms with Crippen molar-refractivity contribution in [2.24, 2.45) is 0 Å². The van der Waals surface area contributed by atoms with E-state index in [4.69, 9.17) is 0 Å². The van der Waals surface area contributed by atoms with E-state index in [9.17, 15) is 0 Å². The van der Waals surface area contributed by atoms with Crippen LogP contribution in [0.4, 0.5) is 0 Å². The maximum absolute atomic E-state index is 4.19. The number of nitrogens with one attached hydrogen (secondary N) is 2. The lowest BCUT2D eigenvalue weighted by molar-refractivity contribution is 0.500. The fourth-order valence-corrected chi connectivity index (χ4v) is 2.49. The molecule has 1 saturated carbocycles. The average Bonchev–Trinajstić information content (AvgIpc) is 3.00. The Morgan fingerprint density at radius 3 is 2.76 bits per heavy atom. The van der Waals surface area contributed by atoms with Gasteiger partial charge in [-0.1, -0.05) is 18.3 Å². The van der Waals surface area contributed by atoms with Crippen molar-refractivity contribution >= 4 is 11.5 Å². The first-order valence-corrected chi connectivity index (χ1v) is 7.22. The Labute approximate surface area is 107 Å². The Morgan fingerprint density at radius 1 is 1.35 bits per heavy atom. The highest BCUT2D eigenvalue weighted by Gasteiger charge is 2.20. The third kappa shape index (κ3) is 4.01. The largest absolute Gasteiger partial charge is 0.312 e. The molecule has 1 heterocycles. The minimum atomic E-state index is 0.463. The molecule has 1 aliphatic carbocycles. The lowest BCUT2D eigenvalue weighted by Gasteiger charge is -2.14. The molecule has 0 bridgehead atoms. The van der Waals surface area contributed by atoms with Crippen molar-refractivity contribution < 1.29 is 0 Å². The maximum atomic E-state index is 4.19. The van der Waals surface area contributed by atoms with Crippen LogP contribution < -0.4 is 10.6 Å². The molecule has 17 heavy (non-hydrogen) atoms. The molecule has 1 aromatic rings. The van der Waals surface area contributed by atoms with Gasteiger partial charge in [-0.3, -0.25) is 0 Å².